The SMILES string of the molecule is CN(C)c1ccc2oc3ccc(C(=O)O)cc3c(=O)c2c1. The third-order valence-electron chi connectivity index (χ3n) is 3.42. The van der Waals surface area contributed by atoms with Gasteiger partial charge in [-0.15, -0.1) is 0 Å². The molecule has 0 atom stereocenters. The first kappa shape index (κ1) is 13.2. The zero-order chi connectivity index (χ0) is 15.1. The van der Waals surface area contributed by atoms with E-state index in [1.807, 2.05) is 25.1 Å². The predicted molar refractivity (Wildman–Crippen MR) is 81.3 cm³/mol. The molecule has 0 aliphatic heterocycles. The van der Waals surface area contributed by atoms with Crippen LogP contribution in [0.2, 0.25) is 0 Å². The molecule has 3 aromatic rings. The molecule has 5 heteroatoms. The highest BCUT2D eigenvalue weighted by Gasteiger charge is 2.11. The summed E-state index contributed by atoms with van der Waals surface area (Å²) in [4.78, 5) is 25.5. The van der Waals surface area contributed by atoms with Gasteiger partial charge >= 0.3 is 5.97 Å². The highest BCUT2D eigenvalue weighted by molar-refractivity contribution is 5.96. The van der Waals surface area contributed by atoms with Gasteiger partial charge in [-0.1, -0.05) is 0 Å². The van der Waals surface area contributed by atoms with Gasteiger partial charge in [0.15, 0.2) is 0 Å². The van der Waals surface area contributed by atoms with E-state index in [1.165, 1.54) is 18.2 Å². The fraction of sp³-hybridized carbons (Fsp3) is 0.125. The Morgan fingerprint density at radius 2 is 1.67 bits per heavy atom. The van der Waals surface area contributed by atoms with Crippen LogP contribution in [-0.4, -0.2) is 25.2 Å². The Morgan fingerprint density at radius 1 is 1.05 bits per heavy atom. The molecule has 0 bridgehead atoms. The lowest BCUT2D eigenvalue weighted by molar-refractivity contribution is 0.0697. The molecular weight excluding hydrogens is 270 g/mol. The van der Waals surface area contributed by atoms with E-state index in [0.29, 0.717) is 16.6 Å². The van der Waals surface area contributed by atoms with Crippen LogP contribution in [0.1, 0.15) is 10.4 Å². The van der Waals surface area contributed by atoms with Gasteiger partial charge in [0, 0.05) is 19.8 Å². The number of carboxylic acids is 1. The molecule has 1 N–H and O–H groups in total. The maximum Gasteiger partial charge on any atom is 0.335 e. The minimum absolute atomic E-state index is 0.0675. The van der Waals surface area contributed by atoms with Gasteiger partial charge in [-0.3, -0.25) is 4.79 Å². The number of carboxylic acid groups (broad SMARTS) is 1. The largest absolute Gasteiger partial charge is 0.478 e. The van der Waals surface area contributed by atoms with Crippen LogP contribution in [0.15, 0.2) is 45.6 Å². The van der Waals surface area contributed by atoms with Gasteiger partial charge in [0.2, 0.25) is 5.43 Å². The number of hydrogen-bond donors (Lipinski definition) is 1. The maximum atomic E-state index is 12.6. The van der Waals surface area contributed by atoms with Crippen molar-refractivity contribution in [2.45, 2.75) is 0 Å². The summed E-state index contributed by atoms with van der Waals surface area (Å²) >= 11 is 0. The van der Waals surface area contributed by atoms with Crippen LogP contribution in [0.25, 0.3) is 21.9 Å². The van der Waals surface area contributed by atoms with Gasteiger partial charge in [-0.05, 0) is 36.4 Å². The molecule has 0 radical (unpaired) electrons. The molecule has 0 saturated carbocycles. The fourth-order valence-corrected chi connectivity index (χ4v) is 2.26. The van der Waals surface area contributed by atoms with Gasteiger partial charge in [0.1, 0.15) is 11.2 Å². The van der Waals surface area contributed by atoms with Crippen molar-refractivity contribution < 1.29 is 14.3 Å². The normalized spacial score (nSPS) is 11.0. The summed E-state index contributed by atoms with van der Waals surface area (Å²) in [5.41, 5.74) is 1.59. The van der Waals surface area contributed by atoms with Crippen LogP contribution in [0.3, 0.4) is 0 Å². The molecule has 106 valence electrons. The van der Waals surface area contributed by atoms with Gasteiger partial charge < -0.3 is 14.4 Å². The molecule has 21 heavy (non-hydrogen) atoms. The van der Waals surface area contributed by atoms with Crippen LogP contribution < -0.4 is 10.3 Å². The number of hydrogen-bond acceptors (Lipinski definition) is 4. The van der Waals surface area contributed by atoms with E-state index in [1.54, 1.807) is 12.1 Å². The second-order valence-corrected chi connectivity index (χ2v) is 5.02. The smallest absolute Gasteiger partial charge is 0.335 e. The Labute approximate surface area is 120 Å². The van der Waals surface area contributed by atoms with Crippen LogP contribution >= 0.6 is 0 Å². The molecule has 5 nitrogen and oxygen atoms in total. The molecule has 0 spiro atoms. The molecule has 3 rings (SSSR count). The monoisotopic (exact) mass is 283 g/mol. The molecule has 1 aromatic heterocycles. The highest BCUT2D eigenvalue weighted by Crippen LogP contribution is 2.23. The number of carbonyl (C=O) groups is 1. The molecule has 0 unspecified atom stereocenters. The summed E-state index contributed by atoms with van der Waals surface area (Å²) in [6.45, 7) is 0. The Kier molecular flexibility index (Phi) is 2.90. The summed E-state index contributed by atoms with van der Waals surface area (Å²) in [7, 11) is 3.76. The van der Waals surface area contributed by atoms with Crippen molar-refractivity contribution in [1.82, 2.24) is 0 Å². The minimum atomic E-state index is -1.07. The summed E-state index contributed by atoms with van der Waals surface area (Å²) in [5, 5.41) is 9.74. The molecule has 2 aromatic carbocycles. The minimum Gasteiger partial charge on any atom is -0.478 e. The Hall–Kier alpha value is -2.82. The highest BCUT2D eigenvalue weighted by atomic mass is 16.4. The topological polar surface area (TPSA) is 70.8 Å². The maximum absolute atomic E-state index is 12.6. The van der Waals surface area contributed by atoms with Gasteiger partial charge in [0.25, 0.3) is 0 Å². The Bertz CT molecular complexity index is 925. The molecule has 0 amide bonds. The first-order valence-electron chi connectivity index (χ1n) is 6.38. The van der Waals surface area contributed by atoms with Gasteiger partial charge in [-0.2, -0.15) is 0 Å². The van der Waals surface area contributed by atoms with Gasteiger partial charge in [0.05, 0.1) is 16.3 Å². The average molecular weight is 283 g/mol. The summed E-state index contributed by atoms with van der Waals surface area (Å²) < 4.78 is 5.69. The first-order chi connectivity index (χ1) is 9.97. The summed E-state index contributed by atoms with van der Waals surface area (Å²) in [6.07, 6.45) is 0. The number of fused-ring (bicyclic) bond motifs is 2. The van der Waals surface area contributed by atoms with Crippen molar-refractivity contribution in [2.24, 2.45) is 0 Å². The second-order valence-electron chi connectivity index (χ2n) is 5.02. The Balaban J connectivity index is 2.39. The lowest BCUT2D eigenvalue weighted by Crippen LogP contribution is -2.10. The Morgan fingerprint density at radius 3 is 2.29 bits per heavy atom. The third-order valence-corrected chi connectivity index (χ3v) is 3.42. The molecule has 0 aliphatic carbocycles. The number of benzene rings is 2. The van der Waals surface area contributed by atoms with E-state index in [4.69, 9.17) is 9.52 Å². The van der Waals surface area contributed by atoms with Crippen LogP contribution in [0, 0.1) is 0 Å². The average Bonchev–Trinajstić information content (AvgIpc) is 2.46. The van der Waals surface area contributed by atoms with E-state index >= 15 is 0 Å². The van der Waals surface area contributed by atoms with Crippen LogP contribution in [-0.2, 0) is 0 Å². The fourth-order valence-electron chi connectivity index (χ4n) is 2.26. The first-order valence-corrected chi connectivity index (χ1v) is 6.38. The van der Waals surface area contributed by atoms with Crippen molar-refractivity contribution in [3.8, 4) is 0 Å². The number of rotatable bonds is 2. The number of anilines is 1. The lowest BCUT2D eigenvalue weighted by atomic mass is 10.1. The van der Waals surface area contributed by atoms with Gasteiger partial charge in [-0.25, -0.2) is 4.79 Å². The molecule has 0 saturated heterocycles. The quantitative estimate of drug-likeness (QED) is 0.732. The van der Waals surface area contributed by atoms with Crippen LogP contribution in [0.5, 0.6) is 0 Å². The third kappa shape index (κ3) is 2.12. The molecule has 0 fully saturated rings. The van der Waals surface area contributed by atoms with Crippen molar-refractivity contribution in [3.05, 3.63) is 52.2 Å². The molecule has 1 heterocycles. The van der Waals surface area contributed by atoms with Crippen LogP contribution in [0.4, 0.5) is 5.69 Å². The van der Waals surface area contributed by atoms with E-state index < -0.39 is 5.97 Å². The lowest BCUT2D eigenvalue weighted by Gasteiger charge is -2.12. The van der Waals surface area contributed by atoms with E-state index in [2.05, 4.69) is 0 Å². The van der Waals surface area contributed by atoms with Crippen molar-refractivity contribution in [1.29, 1.82) is 0 Å². The summed E-state index contributed by atoms with van der Waals surface area (Å²) in [5.74, 6) is -1.07. The van der Waals surface area contributed by atoms with E-state index in [-0.39, 0.29) is 16.4 Å². The zero-order valence-electron chi connectivity index (χ0n) is 11.6. The van der Waals surface area contributed by atoms with Crippen molar-refractivity contribution >= 4 is 33.6 Å². The second kappa shape index (κ2) is 4.63. The predicted octanol–water partition coefficient (Wildman–Crippen LogP) is 2.71. The molecular formula is C16H13NO4. The van der Waals surface area contributed by atoms with E-state index in [9.17, 15) is 9.59 Å². The van der Waals surface area contributed by atoms with Crippen molar-refractivity contribution in [3.63, 3.8) is 0 Å². The number of nitrogens with zero attached hydrogens (tertiary/aromatic N) is 1. The zero-order valence-corrected chi connectivity index (χ0v) is 11.6. The number of aromatic carboxylic acids is 1. The van der Waals surface area contributed by atoms with Crippen molar-refractivity contribution in [2.75, 3.05) is 19.0 Å². The van der Waals surface area contributed by atoms with E-state index in [0.717, 1.165) is 5.69 Å². The molecule has 0 aliphatic rings. The standard InChI is InChI=1S/C16H13NO4/c1-17(2)10-4-6-14-12(8-10)15(18)11-7-9(16(19)20)3-5-13(11)21-14/h3-8H,1-2H3,(H,19,20). The summed E-state index contributed by atoms with van der Waals surface area (Å²) in [6, 6.07) is 9.64.